The molecule has 3 nitrogen and oxygen atoms in total. The Labute approximate surface area is 112 Å². The number of amides is 1. The van der Waals surface area contributed by atoms with Crippen molar-refractivity contribution in [2.45, 2.75) is 19.9 Å². The number of hydrogen-bond acceptors (Lipinski definition) is 2. The standard InChI is InChI=1S/C15H17FN2O/c1-11-5-15(19)18(9-11)10-13-6-12(3-2-4-17)7-14(16)8-13/h6-8,11H,4-5,9-10,17H2,1H3. The smallest absolute Gasteiger partial charge is 0.223 e. The summed E-state index contributed by atoms with van der Waals surface area (Å²) >= 11 is 0. The van der Waals surface area contributed by atoms with Gasteiger partial charge in [0.2, 0.25) is 5.91 Å². The molecule has 1 aliphatic heterocycles. The fourth-order valence-electron chi connectivity index (χ4n) is 2.31. The van der Waals surface area contributed by atoms with Gasteiger partial charge in [-0.3, -0.25) is 4.79 Å². The summed E-state index contributed by atoms with van der Waals surface area (Å²) in [6.07, 6.45) is 0.579. The SMILES string of the molecule is CC1CC(=O)N(Cc2cc(F)cc(C#CCN)c2)C1. The van der Waals surface area contributed by atoms with Gasteiger partial charge in [0.25, 0.3) is 0 Å². The highest BCUT2D eigenvalue weighted by Crippen LogP contribution is 2.20. The molecule has 0 radical (unpaired) electrons. The van der Waals surface area contributed by atoms with Gasteiger partial charge in [0.05, 0.1) is 6.54 Å². The normalized spacial score (nSPS) is 18.4. The lowest BCUT2D eigenvalue weighted by molar-refractivity contribution is -0.128. The molecule has 1 fully saturated rings. The molecule has 0 bridgehead atoms. The first kappa shape index (κ1) is 13.6. The van der Waals surface area contributed by atoms with E-state index >= 15 is 0 Å². The summed E-state index contributed by atoms with van der Waals surface area (Å²) in [5, 5.41) is 0. The van der Waals surface area contributed by atoms with Crippen LogP contribution in [0, 0.1) is 23.6 Å². The second kappa shape index (κ2) is 5.85. The zero-order chi connectivity index (χ0) is 13.8. The third kappa shape index (κ3) is 3.55. The molecule has 0 spiro atoms. The minimum atomic E-state index is -0.335. The summed E-state index contributed by atoms with van der Waals surface area (Å²) in [5.41, 5.74) is 6.66. The number of carbonyl (C=O) groups excluding carboxylic acids is 1. The summed E-state index contributed by atoms with van der Waals surface area (Å²) in [5.74, 6) is 5.68. The van der Waals surface area contributed by atoms with Crippen LogP contribution in [0.4, 0.5) is 4.39 Å². The first-order valence-electron chi connectivity index (χ1n) is 6.34. The quantitative estimate of drug-likeness (QED) is 0.819. The van der Waals surface area contributed by atoms with Crippen LogP contribution >= 0.6 is 0 Å². The van der Waals surface area contributed by atoms with E-state index < -0.39 is 0 Å². The van der Waals surface area contributed by atoms with Crippen LogP contribution in [0.25, 0.3) is 0 Å². The highest BCUT2D eigenvalue weighted by Gasteiger charge is 2.26. The maximum absolute atomic E-state index is 13.5. The van der Waals surface area contributed by atoms with Crippen molar-refractivity contribution in [3.63, 3.8) is 0 Å². The number of likely N-dealkylation sites (tertiary alicyclic amines) is 1. The Kier molecular flexibility index (Phi) is 4.18. The molecule has 4 heteroatoms. The lowest BCUT2D eigenvalue weighted by Gasteiger charge is -2.16. The molecule has 1 saturated heterocycles. The van der Waals surface area contributed by atoms with E-state index in [1.165, 1.54) is 12.1 Å². The molecule has 19 heavy (non-hydrogen) atoms. The topological polar surface area (TPSA) is 46.3 Å². The van der Waals surface area contributed by atoms with Crippen LogP contribution in [-0.2, 0) is 11.3 Å². The number of nitrogens with two attached hydrogens (primary N) is 1. The molecule has 0 aromatic heterocycles. The highest BCUT2D eigenvalue weighted by molar-refractivity contribution is 5.78. The van der Waals surface area contributed by atoms with Gasteiger partial charge in [-0.05, 0) is 29.7 Å². The molecule has 1 unspecified atom stereocenters. The Hall–Kier alpha value is -1.86. The summed E-state index contributed by atoms with van der Waals surface area (Å²) in [4.78, 5) is 13.5. The number of rotatable bonds is 2. The van der Waals surface area contributed by atoms with E-state index in [0.717, 1.165) is 12.1 Å². The predicted molar refractivity (Wildman–Crippen MR) is 71.5 cm³/mol. The van der Waals surface area contributed by atoms with Gasteiger partial charge in [-0.2, -0.15) is 0 Å². The van der Waals surface area contributed by atoms with E-state index in [0.29, 0.717) is 24.4 Å². The molecule has 1 aliphatic rings. The minimum Gasteiger partial charge on any atom is -0.338 e. The van der Waals surface area contributed by atoms with Crippen molar-refractivity contribution in [1.29, 1.82) is 0 Å². The molecule has 100 valence electrons. The molecular weight excluding hydrogens is 243 g/mol. The van der Waals surface area contributed by atoms with E-state index in [2.05, 4.69) is 11.8 Å². The lowest BCUT2D eigenvalue weighted by atomic mass is 10.1. The van der Waals surface area contributed by atoms with Crippen molar-refractivity contribution in [1.82, 2.24) is 4.90 Å². The van der Waals surface area contributed by atoms with Crippen LogP contribution in [0.5, 0.6) is 0 Å². The number of benzene rings is 1. The van der Waals surface area contributed by atoms with E-state index in [9.17, 15) is 9.18 Å². The zero-order valence-electron chi connectivity index (χ0n) is 10.9. The van der Waals surface area contributed by atoms with E-state index in [-0.39, 0.29) is 18.3 Å². The van der Waals surface area contributed by atoms with E-state index in [1.807, 2.05) is 13.0 Å². The van der Waals surface area contributed by atoms with Crippen LogP contribution in [0.15, 0.2) is 18.2 Å². The van der Waals surface area contributed by atoms with Gasteiger partial charge in [-0.1, -0.05) is 18.8 Å². The molecule has 2 rings (SSSR count). The van der Waals surface area contributed by atoms with Crippen LogP contribution in [0.2, 0.25) is 0 Å². The molecule has 1 aromatic rings. The Morgan fingerprint density at radius 1 is 1.47 bits per heavy atom. The largest absolute Gasteiger partial charge is 0.338 e. The van der Waals surface area contributed by atoms with Crippen molar-refractivity contribution in [3.05, 3.63) is 35.1 Å². The number of carbonyl (C=O) groups is 1. The predicted octanol–water partition coefficient (Wildman–Crippen LogP) is 1.50. The van der Waals surface area contributed by atoms with Crippen molar-refractivity contribution >= 4 is 5.91 Å². The first-order valence-corrected chi connectivity index (χ1v) is 6.34. The average Bonchev–Trinajstić information content (AvgIpc) is 2.64. The van der Waals surface area contributed by atoms with Gasteiger partial charge in [0.15, 0.2) is 0 Å². The molecular formula is C15H17FN2O. The Bertz CT molecular complexity index is 545. The van der Waals surface area contributed by atoms with Gasteiger partial charge >= 0.3 is 0 Å². The number of hydrogen-bond donors (Lipinski definition) is 1. The zero-order valence-corrected chi connectivity index (χ0v) is 10.9. The molecule has 1 atom stereocenters. The van der Waals surface area contributed by atoms with Gasteiger partial charge < -0.3 is 10.6 Å². The Morgan fingerprint density at radius 2 is 2.26 bits per heavy atom. The van der Waals surface area contributed by atoms with E-state index in [4.69, 9.17) is 5.73 Å². The maximum atomic E-state index is 13.5. The molecule has 1 amide bonds. The third-order valence-electron chi connectivity index (χ3n) is 3.07. The van der Waals surface area contributed by atoms with Crippen molar-refractivity contribution in [2.75, 3.05) is 13.1 Å². The number of nitrogens with zero attached hydrogens (tertiary/aromatic N) is 1. The van der Waals surface area contributed by atoms with Crippen LogP contribution < -0.4 is 5.73 Å². The highest BCUT2D eigenvalue weighted by atomic mass is 19.1. The summed E-state index contributed by atoms with van der Waals surface area (Å²) in [6, 6.07) is 4.63. The second-order valence-electron chi connectivity index (χ2n) is 4.94. The monoisotopic (exact) mass is 260 g/mol. The molecule has 1 heterocycles. The minimum absolute atomic E-state index is 0.131. The van der Waals surface area contributed by atoms with Crippen LogP contribution in [-0.4, -0.2) is 23.9 Å². The fraction of sp³-hybridized carbons (Fsp3) is 0.400. The van der Waals surface area contributed by atoms with Gasteiger partial charge in [0, 0.05) is 25.1 Å². The second-order valence-corrected chi connectivity index (χ2v) is 4.94. The van der Waals surface area contributed by atoms with Crippen molar-refractivity contribution in [3.8, 4) is 11.8 Å². The third-order valence-corrected chi connectivity index (χ3v) is 3.07. The van der Waals surface area contributed by atoms with Gasteiger partial charge in [0.1, 0.15) is 5.82 Å². The fourth-order valence-corrected chi connectivity index (χ4v) is 2.31. The molecule has 0 saturated carbocycles. The lowest BCUT2D eigenvalue weighted by Crippen LogP contribution is -2.24. The van der Waals surface area contributed by atoms with Crippen LogP contribution in [0.3, 0.4) is 0 Å². The molecule has 2 N–H and O–H groups in total. The van der Waals surface area contributed by atoms with Gasteiger partial charge in [-0.25, -0.2) is 4.39 Å². The van der Waals surface area contributed by atoms with Crippen LogP contribution in [0.1, 0.15) is 24.5 Å². The number of halogens is 1. The van der Waals surface area contributed by atoms with E-state index in [1.54, 1.807) is 4.90 Å². The Balaban J connectivity index is 2.16. The molecule has 1 aromatic carbocycles. The maximum Gasteiger partial charge on any atom is 0.223 e. The first-order chi connectivity index (χ1) is 9.08. The average molecular weight is 260 g/mol. The van der Waals surface area contributed by atoms with Crippen molar-refractivity contribution in [2.24, 2.45) is 11.7 Å². The molecule has 0 aliphatic carbocycles. The summed E-state index contributed by atoms with van der Waals surface area (Å²) < 4.78 is 13.5. The Morgan fingerprint density at radius 3 is 2.89 bits per heavy atom. The van der Waals surface area contributed by atoms with Gasteiger partial charge in [-0.15, -0.1) is 0 Å². The summed E-state index contributed by atoms with van der Waals surface area (Å²) in [6.45, 7) is 3.47. The van der Waals surface area contributed by atoms with Crippen molar-refractivity contribution < 1.29 is 9.18 Å². The summed E-state index contributed by atoms with van der Waals surface area (Å²) in [7, 11) is 0.